The number of anilines is 2. The average molecular weight is 494 g/mol. The quantitative estimate of drug-likeness (QED) is 0.536. The number of piperidine rings is 1. The molecule has 182 valence electrons. The number of rotatable bonds is 6. The zero-order valence-corrected chi connectivity index (χ0v) is 20.4. The topological polar surface area (TPSA) is 91.6 Å². The number of amides is 2. The van der Waals surface area contributed by atoms with E-state index >= 15 is 0 Å². The van der Waals surface area contributed by atoms with E-state index in [1.54, 1.807) is 6.07 Å². The van der Waals surface area contributed by atoms with Crippen LogP contribution in [0.15, 0.2) is 47.0 Å². The van der Waals surface area contributed by atoms with Gasteiger partial charge < -0.3 is 14.7 Å². The number of nitrogens with one attached hydrogen (secondary N) is 1. The summed E-state index contributed by atoms with van der Waals surface area (Å²) in [5.74, 6) is 0.999. The van der Waals surface area contributed by atoms with Crippen LogP contribution in [0.3, 0.4) is 0 Å². The van der Waals surface area contributed by atoms with Crippen LogP contribution in [0.2, 0.25) is 5.02 Å². The number of carbonyl (C=O) groups excluding carboxylic acids is 2. The average Bonchev–Trinajstić information content (AvgIpc) is 3.49. The lowest BCUT2D eigenvalue weighted by atomic mass is 9.97. The van der Waals surface area contributed by atoms with Crippen molar-refractivity contribution < 1.29 is 14.1 Å². The summed E-state index contributed by atoms with van der Waals surface area (Å²) in [5, 5.41) is 7.71. The standard InChI is InChI=1S/C26H28ClN5O3/c1-17-14-19(10-11-22(17)32-13-5-9-24(32)33)28-26(34)18-6-4-12-31(15-18)16-23-29-25(30-35-23)20-7-2-3-8-21(20)27/h2-3,7-8,10-11,14,18H,4-6,9,12-13,15-16H2,1H3,(H,28,34). The molecule has 3 heterocycles. The first-order valence-corrected chi connectivity index (χ1v) is 12.4. The maximum Gasteiger partial charge on any atom is 0.241 e. The van der Waals surface area contributed by atoms with Crippen molar-refractivity contribution in [1.82, 2.24) is 15.0 Å². The number of likely N-dealkylation sites (tertiary alicyclic amines) is 1. The van der Waals surface area contributed by atoms with Gasteiger partial charge in [0.15, 0.2) is 0 Å². The van der Waals surface area contributed by atoms with Gasteiger partial charge in [-0.1, -0.05) is 28.9 Å². The van der Waals surface area contributed by atoms with Gasteiger partial charge in [-0.3, -0.25) is 14.5 Å². The van der Waals surface area contributed by atoms with Crippen LogP contribution < -0.4 is 10.2 Å². The fraction of sp³-hybridized carbons (Fsp3) is 0.385. The molecule has 35 heavy (non-hydrogen) atoms. The summed E-state index contributed by atoms with van der Waals surface area (Å²) in [6, 6.07) is 13.1. The summed E-state index contributed by atoms with van der Waals surface area (Å²) in [6.07, 6.45) is 3.23. The molecule has 0 saturated carbocycles. The summed E-state index contributed by atoms with van der Waals surface area (Å²) in [7, 11) is 0. The van der Waals surface area contributed by atoms with Gasteiger partial charge in [-0.05, 0) is 68.6 Å². The minimum Gasteiger partial charge on any atom is -0.338 e. The molecule has 0 aliphatic carbocycles. The van der Waals surface area contributed by atoms with E-state index in [0.29, 0.717) is 36.2 Å². The molecule has 8 nitrogen and oxygen atoms in total. The van der Waals surface area contributed by atoms with Crippen molar-refractivity contribution in [1.29, 1.82) is 0 Å². The number of aromatic nitrogens is 2. The van der Waals surface area contributed by atoms with E-state index in [2.05, 4.69) is 20.4 Å². The van der Waals surface area contributed by atoms with Crippen LogP contribution in [0.4, 0.5) is 11.4 Å². The number of benzene rings is 2. The fourth-order valence-corrected chi connectivity index (χ4v) is 5.08. The minimum absolute atomic E-state index is 0.00128. The van der Waals surface area contributed by atoms with E-state index < -0.39 is 0 Å². The van der Waals surface area contributed by atoms with E-state index in [9.17, 15) is 9.59 Å². The van der Waals surface area contributed by atoms with E-state index in [1.807, 2.05) is 48.2 Å². The molecule has 9 heteroatoms. The molecular formula is C26H28ClN5O3. The number of halogens is 1. The molecule has 2 amide bonds. The third-order valence-corrected chi connectivity index (χ3v) is 6.98. The van der Waals surface area contributed by atoms with Crippen molar-refractivity contribution in [2.24, 2.45) is 5.92 Å². The molecule has 1 atom stereocenters. The minimum atomic E-state index is -0.130. The third-order valence-electron chi connectivity index (χ3n) is 6.65. The molecule has 5 rings (SSSR count). The predicted octanol–water partition coefficient (Wildman–Crippen LogP) is 4.68. The van der Waals surface area contributed by atoms with Crippen molar-refractivity contribution in [3.8, 4) is 11.4 Å². The molecule has 2 aliphatic heterocycles. The summed E-state index contributed by atoms with van der Waals surface area (Å²) in [6.45, 7) is 4.70. The first-order chi connectivity index (χ1) is 17.0. The van der Waals surface area contributed by atoms with Crippen LogP contribution in [-0.4, -0.2) is 46.5 Å². The summed E-state index contributed by atoms with van der Waals surface area (Å²) in [4.78, 5) is 33.6. The zero-order valence-electron chi connectivity index (χ0n) is 19.7. The Balaban J connectivity index is 1.19. The van der Waals surface area contributed by atoms with E-state index in [1.165, 1.54) is 0 Å². The molecule has 1 aromatic heterocycles. The highest BCUT2D eigenvalue weighted by Crippen LogP contribution is 2.29. The Bertz CT molecular complexity index is 1240. The van der Waals surface area contributed by atoms with Gasteiger partial charge in [0, 0.05) is 36.4 Å². The Morgan fingerprint density at radius 1 is 1.20 bits per heavy atom. The second-order valence-electron chi connectivity index (χ2n) is 9.21. The summed E-state index contributed by atoms with van der Waals surface area (Å²) < 4.78 is 5.45. The molecule has 2 aromatic carbocycles. The second kappa shape index (κ2) is 10.2. The van der Waals surface area contributed by atoms with Crippen LogP contribution in [0, 0.1) is 12.8 Å². The van der Waals surface area contributed by atoms with Crippen LogP contribution in [-0.2, 0) is 16.1 Å². The lowest BCUT2D eigenvalue weighted by Gasteiger charge is -2.31. The Hall–Kier alpha value is -3.23. The molecule has 2 fully saturated rings. The van der Waals surface area contributed by atoms with Crippen molar-refractivity contribution in [3.63, 3.8) is 0 Å². The Kier molecular flexibility index (Phi) is 6.83. The number of aryl methyl sites for hydroxylation is 1. The van der Waals surface area contributed by atoms with Crippen LogP contribution in [0.5, 0.6) is 0 Å². The monoisotopic (exact) mass is 493 g/mol. The molecule has 0 bridgehead atoms. The Morgan fingerprint density at radius 2 is 2.06 bits per heavy atom. The van der Waals surface area contributed by atoms with Crippen LogP contribution >= 0.6 is 11.6 Å². The van der Waals surface area contributed by atoms with Gasteiger partial charge >= 0.3 is 0 Å². The number of hydrogen-bond acceptors (Lipinski definition) is 6. The van der Waals surface area contributed by atoms with E-state index in [4.69, 9.17) is 16.1 Å². The smallest absolute Gasteiger partial charge is 0.241 e. The molecule has 1 N–H and O–H groups in total. The first kappa shape index (κ1) is 23.5. The SMILES string of the molecule is Cc1cc(NC(=O)C2CCCN(Cc3nc(-c4ccccc4Cl)no3)C2)ccc1N1CCCC1=O. The van der Waals surface area contributed by atoms with E-state index in [-0.39, 0.29) is 17.7 Å². The molecule has 2 saturated heterocycles. The molecular weight excluding hydrogens is 466 g/mol. The van der Waals surface area contributed by atoms with Gasteiger partial charge in [-0.2, -0.15) is 4.98 Å². The van der Waals surface area contributed by atoms with Gasteiger partial charge in [0.25, 0.3) is 0 Å². The Labute approximate surface area is 209 Å². The highest BCUT2D eigenvalue weighted by Gasteiger charge is 2.28. The van der Waals surface area contributed by atoms with Gasteiger partial charge in [0.1, 0.15) is 0 Å². The number of nitrogens with zero attached hydrogens (tertiary/aromatic N) is 4. The lowest BCUT2D eigenvalue weighted by Crippen LogP contribution is -2.40. The highest BCUT2D eigenvalue weighted by atomic mass is 35.5. The second-order valence-corrected chi connectivity index (χ2v) is 9.61. The molecule has 3 aromatic rings. The van der Waals surface area contributed by atoms with Gasteiger partial charge in [0.05, 0.1) is 17.5 Å². The van der Waals surface area contributed by atoms with Gasteiger partial charge in [0.2, 0.25) is 23.5 Å². The highest BCUT2D eigenvalue weighted by molar-refractivity contribution is 6.33. The first-order valence-electron chi connectivity index (χ1n) is 12.0. The summed E-state index contributed by atoms with van der Waals surface area (Å²) in [5.41, 5.74) is 3.39. The fourth-order valence-electron chi connectivity index (χ4n) is 4.86. The van der Waals surface area contributed by atoms with Crippen molar-refractivity contribution >= 4 is 34.8 Å². The molecule has 0 spiro atoms. The molecule has 1 unspecified atom stereocenters. The van der Waals surface area contributed by atoms with Crippen molar-refractivity contribution in [2.45, 2.75) is 39.2 Å². The maximum atomic E-state index is 13.0. The predicted molar refractivity (Wildman–Crippen MR) is 134 cm³/mol. The molecule has 2 aliphatic rings. The number of carbonyl (C=O) groups is 2. The zero-order chi connectivity index (χ0) is 24.4. The summed E-state index contributed by atoms with van der Waals surface area (Å²) >= 11 is 6.24. The largest absolute Gasteiger partial charge is 0.338 e. The van der Waals surface area contributed by atoms with Gasteiger partial charge in [-0.15, -0.1) is 0 Å². The van der Waals surface area contributed by atoms with Crippen molar-refractivity contribution in [3.05, 3.63) is 58.9 Å². The number of hydrogen-bond donors (Lipinski definition) is 1. The van der Waals surface area contributed by atoms with E-state index in [0.717, 1.165) is 54.9 Å². The third kappa shape index (κ3) is 5.23. The van der Waals surface area contributed by atoms with Crippen LogP contribution in [0.1, 0.15) is 37.1 Å². The lowest BCUT2D eigenvalue weighted by molar-refractivity contribution is -0.121. The Morgan fingerprint density at radius 3 is 2.83 bits per heavy atom. The molecule has 0 radical (unpaired) electrons. The maximum absolute atomic E-state index is 13.0. The van der Waals surface area contributed by atoms with Crippen molar-refractivity contribution in [2.75, 3.05) is 29.9 Å². The normalized spacial score (nSPS) is 18.7. The van der Waals surface area contributed by atoms with Crippen LogP contribution in [0.25, 0.3) is 11.4 Å². The van der Waals surface area contributed by atoms with Gasteiger partial charge in [-0.25, -0.2) is 0 Å².